The highest BCUT2D eigenvalue weighted by atomic mass is 16.6. The number of nitrogens with zero attached hydrogens (tertiary/aromatic N) is 5. The van der Waals surface area contributed by atoms with Crippen molar-refractivity contribution in [1.82, 2.24) is 9.80 Å². The number of likely N-dealkylation sites (tertiary alicyclic amines) is 1. The highest BCUT2D eigenvalue weighted by Gasteiger charge is 2.64. The first-order valence-corrected chi connectivity index (χ1v) is 10.6. The molecule has 0 aromatic heterocycles. The average Bonchev–Trinajstić information content (AvgIpc) is 2.81. The van der Waals surface area contributed by atoms with Crippen LogP contribution in [-0.2, 0) is 9.47 Å². The van der Waals surface area contributed by atoms with Gasteiger partial charge in [0.2, 0.25) is 0 Å². The summed E-state index contributed by atoms with van der Waals surface area (Å²) in [5.74, 6) is -0.480. The molecule has 0 saturated carbocycles. The number of nitrogens with two attached hydrogens (primary N) is 1. The van der Waals surface area contributed by atoms with Gasteiger partial charge < -0.3 is 25.0 Å². The van der Waals surface area contributed by atoms with E-state index in [1.807, 2.05) is 0 Å². The number of hydrogen-bond acceptors (Lipinski definition) is 8. The predicted molar refractivity (Wildman–Crippen MR) is 111 cm³/mol. The van der Waals surface area contributed by atoms with E-state index in [9.17, 15) is 25.4 Å². The molecule has 0 aromatic carbocycles. The van der Waals surface area contributed by atoms with Crippen LogP contribution in [-0.4, -0.2) is 61.4 Å². The van der Waals surface area contributed by atoms with Crippen molar-refractivity contribution in [2.75, 3.05) is 39.4 Å². The second-order valence-corrected chi connectivity index (χ2v) is 8.03. The summed E-state index contributed by atoms with van der Waals surface area (Å²) in [4.78, 5) is 27.7. The molecular formula is C22H26N6O4. The van der Waals surface area contributed by atoms with Crippen LogP contribution in [0.4, 0.5) is 9.59 Å². The summed E-state index contributed by atoms with van der Waals surface area (Å²) >= 11 is 0. The molecule has 3 aliphatic rings. The topological polar surface area (TPSA) is 156 Å². The first-order chi connectivity index (χ1) is 15.4. The summed E-state index contributed by atoms with van der Waals surface area (Å²) in [5.41, 5.74) is 4.32. The van der Waals surface area contributed by atoms with E-state index >= 15 is 0 Å². The third kappa shape index (κ3) is 3.22. The Bertz CT molecular complexity index is 973. The van der Waals surface area contributed by atoms with Crippen molar-refractivity contribution < 1.29 is 19.1 Å². The molecule has 10 heteroatoms. The van der Waals surface area contributed by atoms with Gasteiger partial charge in [-0.3, -0.25) is 0 Å². The molecule has 2 N–H and O–H groups in total. The second-order valence-electron chi connectivity index (χ2n) is 8.03. The van der Waals surface area contributed by atoms with E-state index in [1.165, 1.54) is 4.90 Å². The highest BCUT2D eigenvalue weighted by molar-refractivity contribution is 5.70. The van der Waals surface area contributed by atoms with E-state index in [0.29, 0.717) is 18.4 Å². The molecule has 0 bridgehead atoms. The summed E-state index contributed by atoms with van der Waals surface area (Å²) < 4.78 is 10.2. The molecule has 0 aromatic rings. The van der Waals surface area contributed by atoms with Crippen LogP contribution in [0.5, 0.6) is 0 Å². The number of piperidine rings is 1. The Morgan fingerprint density at radius 2 is 1.66 bits per heavy atom. The second kappa shape index (κ2) is 8.80. The van der Waals surface area contributed by atoms with Crippen LogP contribution in [0.1, 0.15) is 26.7 Å². The zero-order valence-electron chi connectivity index (χ0n) is 18.3. The quantitative estimate of drug-likeness (QED) is 0.686. The minimum Gasteiger partial charge on any atom is -0.450 e. The smallest absolute Gasteiger partial charge is 0.410 e. The fourth-order valence-corrected chi connectivity index (χ4v) is 5.25. The fraction of sp³-hybridized carbons (Fsp3) is 0.591. The molecule has 1 aliphatic carbocycles. The molecule has 1 spiro atoms. The van der Waals surface area contributed by atoms with E-state index in [2.05, 4.69) is 18.2 Å². The largest absolute Gasteiger partial charge is 0.450 e. The number of hydrogen-bond donors (Lipinski definition) is 1. The lowest BCUT2D eigenvalue weighted by atomic mass is 9.47. The van der Waals surface area contributed by atoms with Crippen molar-refractivity contribution >= 4 is 12.2 Å². The van der Waals surface area contributed by atoms with Crippen LogP contribution in [0.2, 0.25) is 0 Å². The summed E-state index contributed by atoms with van der Waals surface area (Å²) in [6.45, 7) is 4.85. The Morgan fingerprint density at radius 3 is 2.16 bits per heavy atom. The lowest BCUT2D eigenvalue weighted by Crippen LogP contribution is -2.61. The van der Waals surface area contributed by atoms with Gasteiger partial charge in [0.1, 0.15) is 6.07 Å². The number of ether oxygens (including phenoxy) is 2. The minimum atomic E-state index is -1.77. The molecule has 3 rings (SSSR count). The van der Waals surface area contributed by atoms with E-state index in [0.717, 1.165) is 0 Å². The third-order valence-corrected chi connectivity index (χ3v) is 6.84. The van der Waals surface area contributed by atoms with E-state index in [1.54, 1.807) is 24.8 Å². The number of nitriles is 3. The number of amides is 2. The van der Waals surface area contributed by atoms with E-state index < -0.39 is 28.9 Å². The summed E-state index contributed by atoms with van der Waals surface area (Å²) in [5, 5.41) is 30.3. The molecule has 1 atom stereocenters. The molecule has 2 heterocycles. The monoisotopic (exact) mass is 438 g/mol. The van der Waals surface area contributed by atoms with Crippen LogP contribution in [0.15, 0.2) is 22.9 Å². The molecule has 2 amide bonds. The first kappa shape index (κ1) is 23.0. The molecule has 0 radical (unpaired) electrons. The molecule has 168 valence electrons. The Labute approximate surface area is 187 Å². The summed E-state index contributed by atoms with van der Waals surface area (Å²) in [7, 11) is 0. The molecular weight excluding hydrogens is 412 g/mol. The number of fused-ring (bicyclic) bond motifs is 2. The van der Waals surface area contributed by atoms with E-state index in [-0.39, 0.29) is 50.7 Å². The van der Waals surface area contributed by atoms with E-state index in [4.69, 9.17) is 15.2 Å². The van der Waals surface area contributed by atoms with Gasteiger partial charge in [-0.15, -0.1) is 0 Å². The first-order valence-electron chi connectivity index (χ1n) is 10.6. The van der Waals surface area contributed by atoms with Crippen molar-refractivity contribution in [3.63, 3.8) is 0 Å². The predicted octanol–water partition coefficient (Wildman–Crippen LogP) is 2.02. The van der Waals surface area contributed by atoms with Gasteiger partial charge in [0.05, 0.1) is 36.6 Å². The maximum atomic E-state index is 12.4. The zero-order valence-corrected chi connectivity index (χ0v) is 18.3. The number of carbonyl (C=O) groups excluding carboxylic acids is 2. The van der Waals surface area contributed by atoms with Crippen molar-refractivity contribution in [3.05, 3.63) is 22.9 Å². The van der Waals surface area contributed by atoms with Gasteiger partial charge in [0, 0.05) is 37.5 Å². The average molecular weight is 438 g/mol. The maximum Gasteiger partial charge on any atom is 0.410 e. The Hall–Kier alpha value is -3.71. The van der Waals surface area contributed by atoms with Crippen LogP contribution < -0.4 is 5.73 Å². The molecule has 0 unspecified atom stereocenters. The molecule has 10 nitrogen and oxygen atoms in total. The standard InChI is InChI=1S/C22H26N6O4/c1-3-31-19(29)27-9-6-21(7-10-27)17-12-28(20(30)32-4-2)8-5-15(17)16(11-23)18(26)22(21,13-24)14-25/h5,17H,3-4,6-10,12,26H2,1-2H3/t17-/m0/s1. The lowest BCUT2D eigenvalue weighted by Gasteiger charge is -2.56. The van der Waals surface area contributed by atoms with Crippen molar-refractivity contribution in [2.24, 2.45) is 22.5 Å². The van der Waals surface area contributed by atoms with Crippen LogP contribution in [0.25, 0.3) is 0 Å². The Balaban J connectivity index is 2.11. The molecule has 1 fully saturated rings. The Morgan fingerprint density at radius 1 is 1.09 bits per heavy atom. The van der Waals surface area contributed by atoms with Gasteiger partial charge in [0.15, 0.2) is 5.41 Å². The van der Waals surface area contributed by atoms with Gasteiger partial charge in [-0.05, 0) is 32.3 Å². The van der Waals surface area contributed by atoms with Crippen LogP contribution in [0.3, 0.4) is 0 Å². The molecule has 1 saturated heterocycles. The van der Waals surface area contributed by atoms with Crippen molar-refractivity contribution in [3.8, 4) is 18.2 Å². The summed E-state index contributed by atoms with van der Waals surface area (Å²) in [6, 6.07) is 6.32. The SMILES string of the molecule is CCOC(=O)N1CCC2(CC1)[C@H]1CN(C(=O)OCC)CC=C1C(C#N)=C(N)C2(C#N)C#N. The van der Waals surface area contributed by atoms with Gasteiger partial charge in [0.25, 0.3) is 0 Å². The molecule has 32 heavy (non-hydrogen) atoms. The van der Waals surface area contributed by atoms with Gasteiger partial charge >= 0.3 is 12.2 Å². The normalized spacial score (nSPS) is 23.2. The highest BCUT2D eigenvalue weighted by Crippen LogP contribution is 2.61. The number of allylic oxidation sites excluding steroid dienone is 2. The van der Waals surface area contributed by atoms with Crippen LogP contribution in [0, 0.1) is 50.7 Å². The number of rotatable bonds is 2. The van der Waals surface area contributed by atoms with Gasteiger partial charge in [-0.25, -0.2) is 9.59 Å². The van der Waals surface area contributed by atoms with Gasteiger partial charge in [-0.2, -0.15) is 15.8 Å². The third-order valence-electron chi connectivity index (χ3n) is 6.84. The molecule has 2 aliphatic heterocycles. The fourth-order valence-electron chi connectivity index (χ4n) is 5.25. The number of carbonyl (C=O) groups is 2. The Kier molecular flexibility index (Phi) is 6.32. The zero-order chi connectivity index (χ0) is 23.5. The lowest BCUT2D eigenvalue weighted by molar-refractivity contribution is -0.0103. The van der Waals surface area contributed by atoms with Gasteiger partial charge in [-0.1, -0.05) is 6.08 Å². The maximum absolute atomic E-state index is 12.4. The van der Waals surface area contributed by atoms with Crippen LogP contribution >= 0.6 is 0 Å². The summed E-state index contributed by atoms with van der Waals surface area (Å²) in [6.07, 6.45) is 1.40. The van der Waals surface area contributed by atoms with Crippen molar-refractivity contribution in [2.45, 2.75) is 26.7 Å². The minimum absolute atomic E-state index is 0.0540. The van der Waals surface area contributed by atoms with Crippen molar-refractivity contribution in [1.29, 1.82) is 15.8 Å².